The van der Waals surface area contributed by atoms with E-state index in [1.807, 2.05) is 38.1 Å². The van der Waals surface area contributed by atoms with Gasteiger partial charge >= 0.3 is 0 Å². The van der Waals surface area contributed by atoms with E-state index in [9.17, 15) is 8.42 Å². The van der Waals surface area contributed by atoms with E-state index in [0.29, 0.717) is 0 Å². The van der Waals surface area contributed by atoms with Gasteiger partial charge < -0.3 is 9.30 Å². The predicted octanol–water partition coefficient (Wildman–Crippen LogP) is 3.60. The van der Waals surface area contributed by atoms with Crippen LogP contribution in [0.25, 0.3) is 10.9 Å². The number of rotatable bonds is 6. The first-order valence-electron chi connectivity index (χ1n) is 8.66. The van der Waals surface area contributed by atoms with E-state index in [1.54, 1.807) is 24.4 Å². The third-order valence-corrected chi connectivity index (χ3v) is 5.81. The molecule has 0 bridgehead atoms. The molecule has 0 unspecified atom stereocenters. The summed E-state index contributed by atoms with van der Waals surface area (Å²) in [6.45, 7) is 6.73. The van der Waals surface area contributed by atoms with Crippen LogP contribution in [0.15, 0.2) is 52.5 Å². The summed E-state index contributed by atoms with van der Waals surface area (Å²) in [5.74, 6) is 0.280. The number of aryl methyl sites for hydroxylation is 2. The number of ether oxygens (including phenoxy) is 1. The molecule has 0 aliphatic rings. The predicted molar refractivity (Wildman–Crippen MR) is 108 cm³/mol. The Labute approximate surface area is 159 Å². The zero-order valence-corrected chi connectivity index (χ0v) is 16.7. The molecule has 6 nitrogen and oxygen atoms in total. The number of fused-ring (bicyclic) bond motifs is 1. The highest BCUT2D eigenvalue weighted by molar-refractivity contribution is 7.89. The Morgan fingerprint density at radius 3 is 2.63 bits per heavy atom. The maximum Gasteiger partial charge on any atom is 0.280 e. The van der Waals surface area contributed by atoms with Crippen LogP contribution in [0, 0.1) is 13.8 Å². The number of para-hydroxylation sites is 1. The van der Waals surface area contributed by atoms with Gasteiger partial charge in [0.1, 0.15) is 10.6 Å². The second-order valence-electron chi connectivity index (χ2n) is 6.27. The van der Waals surface area contributed by atoms with Gasteiger partial charge in [0.15, 0.2) is 0 Å². The van der Waals surface area contributed by atoms with Gasteiger partial charge in [0.25, 0.3) is 10.0 Å². The first-order valence-corrected chi connectivity index (χ1v) is 10.1. The van der Waals surface area contributed by atoms with Crippen molar-refractivity contribution in [2.75, 3.05) is 7.11 Å². The molecule has 0 fully saturated rings. The molecule has 3 rings (SSSR count). The SMILES string of the molecule is CCn1c(C)c(/C=N/NS(=O)(=O)c2cc(C)ccc2OC)c2ccccc21. The summed E-state index contributed by atoms with van der Waals surface area (Å²) < 4.78 is 32.7. The van der Waals surface area contributed by atoms with Crippen LogP contribution < -0.4 is 9.57 Å². The summed E-state index contributed by atoms with van der Waals surface area (Å²) in [6, 6.07) is 13.0. The van der Waals surface area contributed by atoms with Crippen LogP contribution in [-0.4, -0.2) is 26.3 Å². The van der Waals surface area contributed by atoms with Crippen molar-refractivity contribution in [1.29, 1.82) is 0 Å². The molecule has 2 aromatic carbocycles. The van der Waals surface area contributed by atoms with Crippen molar-refractivity contribution >= 4 is 27.1 Å². The quantitative estimate of drug-likeness (QED) is 0.520. The number of methoxy groups -OCH3 is 1. The Bertz CT molecular complexity index is 1110. The largest absolute Gasteiger partial charge is 0.495 e. The fourth-order valence-electron chi connectivity index (χ4n) is 3.23. The number of nitrogens with one attached hydrogen (secondary N) is 1. The van der Waals surface area contributed by atoms with E-state index < -0.39 is 10.0 Å². The first-order chi connectivity index (χ1) is 12.9. The van der Waals surface area contributed by atoms with Crippen molar-refractivity contribution in [2.24, 2.45) is 5.10 Å². The third kappa shape index (κ3) is 3.55. The van der Waals surface area contributed by atoms with E-state index >= 15 is 0 Å². The average molecular weight is 385 g/mol. The molecule has 0 atom stereocenters. The van der Waals surface area contributed by atoms with Crippen LogP contribution in [0.2, 0.25) is 0 Å². The van der Waals surface area contributed by atoms with Crippen molar-refractivity contribution in [3.05, 3.63) is 59.3 Å². The molecule has 1 heterocycles. The van der Waals surface area contributed by atoms with Crippen LogP contribution in [0.5, 0.6) is 5.75 Å². The van der Waals surface area contributed by atoms with E-state index in [2.05, 4.69) is 21.4 Å². The number of aromatic nitrogens is 1. The fraction of sp³-hybridized carbons (Fsp3) is 0.250. The summed E-state index contributed by atoms with van der Waals surface area (Å²) in [4.78, 5) is 2.36. The van der Waals surface area contributed by atoms with Crippen molar-refractivity contribution in [3.63, 3.8) is 0 Å². The molecular weight excluding hydrogens is 362 g/mol. The Balaban J connectivity index is 1.96. The third-order valence-electron chi connectivity index (χ3n) is 4.57. The molecule has 0 saturated heterocycles. The maximum absolute atomic E-state index is 12.7. The molecule has 0 saturated carbocycles. The molecule has 0 spiro atoms. The van der Waals surface area contributed by atoms with Gasteiger partial charge in [-0.15, -0.1) is 0 Å². The van der Waals surface area contributed by atoms with E-state index in [0.717, 1.165) is 34.3 Å². The summed E-state index contributed by atoms with van der Waals surface area (Å²) in [5, 5.41) is 5.06. The average Bonchev–Trinajstić information content (AvgIpc) is 2.93. The Hall–Kier alpha value is -2.80. The van der Waals surface area contributed by atoms with E-state index in [1.165, 1.54) is 7.11 Å². The number of benzene rings is 2. The highest BCUT2D eigenvalue weighted by Crippen LogP contribution is 2.26. The highest BCUT2D eigenvalue weighted by atomic mass is 32.2. The second kappa shape index (κ2) is 7.44. The Morgan fingerprint density at radius 1 is 1.19 bits per heavy atom. The molecule has 0 amide bonds. The van der Waals surface area contributed by atoms with Gasteiger partial charge in [0.05, 0.1) is 13.3 Å². The van der Waals surface area contributed by atoms with Gasteiger partial charge in [-0.3, -0.25) is 0 Å². The summed E-state index contributed by atoms with van der Waals surface area (Å²) in [6.07, 6.45) is 1.56. The number of nitrogens with zero attached hydrogens (tertiary/aromatic N) is 2. The van der Waals surface area contributed by atoms with Gasteiger partial charge in [-0.25, -0.2) is 0 Å². The van der Waals surface area contributed by atoms with Crippen LogP contribution >= 0.6 is 0 Å². The second-order valence-corrected chi connectivity index (χ2v) is 7.90. The summed E-state index contributed by atoms with van der Waals surface area (Å²) in [5.41, 5.74) is 3.85. The normalized spacial score (nSPS) is 12.0. The molecule has 0 aliphatic heterocycles. The van der Waals surface area contributed by atoms with Crippen molar-refractivity contribution in [3.8, 4) is 5.75 Å². The smallest absolute Gasteiger partial charge is 0.280 e. The first kappa shape index (κ1) is 19.0. The lowest BCUT2D eigenvalue weighted by atomic mass is 10.1. The van der Waals surface area contributed by atoms with Crippen molar-refractivity contribution < 1.29 is 13.2 Å². The standard InChI is InChI=1S/C20H23N3O3S/c1-5-23-15(3)17(16-8-6-7-9-18(16)23)13-21-22-27(24,25)20-12-14(2)10-11-19(20)26-4/h6-13,22H,5H2,1-4H3/b21-13+. The van der Waals surface area contributed by atoms with Gasteiger partial charge in [0, 0.05) is 28.7 Å². The molecule has 3 aromatic rings. The van der Waals surface area contributed by atoms with Gasteiger partial charge in [-0.05, 0) is 44.5 Å². The minimum atomic E-state index is -3.84. The minimum Gasteiger partial charge on any atom is -0.495 e. The molecule has 7 heteroatoms. The summed E-state index contributed by atoms with van der Waals surface area (Å²) >= 11 is 0. The molecule has 27 heavy (non-hydrogen) atoms. The van der Waals surface area contributed by atoms with Crippen LogP contribution in [0.3, 0.4) is 0 Å². The lowest BCUT2D eigenvalue weighted by Crippen LogP contribution is -2.19. The van der Waals surface area contributed by atoms with Gasteiger partial charge in [-0.2, -0.15) is 18.4 Å². The minimum absolute atomic E-state index is 0.0647. The van der Waals surface area contributed by atoms with Crippen LogP contribution in [-0.2, 0) is 16.6 Å². The number of hydrogen-bond acceptors (Lipinski definition) is 4. The molecule has 0 radical (unpaired) electrons. The number of sulfonamides is 1. The number of hydrogen-bond donors (Lipinski definition) is 1. The molecule has 0 aliphatic carbocycles. The van der Waals surface area contributed by atoms with Gasteiger partial charge in [0.2, 0.25) is 0 Å². The monoisotopic (exact) mass is 385 g/mol. The summed E-state index contributed by atoms with van der Waals surface area (Å²) in [7, 11) is -2.40. The Kier molecular flexibility index (Phi) is 5.23. The lowest BCUT2D eigenvalue weighted by molar-refractivity contribution is 0.402. The topological polar surface area (TPSA) is 72.7 Å². The molecule has 142 valence electrons. The Morgan fingerprint density at radius 2 is 1.93 bits per heavy atom. The van der Waals surface area contributed by atoms with E-state index in [-0.39, 0.29) is 10.6 Å². The van der Waals surface area contributed by atoms with Crippen molar-refractivity contribution in [2.45, 2.75) is 32.2 Å². The van der Waals surface area contributed by atoms with E-state index in [4.69, 9.17) is 4.74 Å². The van der Waals surface area contributed by atoms with Crippen molar-refractivity contribution in [1.82, 2.24) is 9.40 Å². The highest BCUT2D eigenvalue weighted by Gasteiger charge is 2.19. The van der Waals surface area contributed by atoms with Crippen LogP contribution in [0.1, 0.15) is 23.7 Å². The number of hydrazone groups is 1. The molecule has 1 aromatic heterocycles. The molecular formula is C20H23N3O3S. The zero-order valence-electron chi connectivity index (χ0n) is 15.9. The fourth-order valence-corrected chi connectivity index (χ4v) is 4.28. The maximum atomic E-state index is 12.7. The molecule has 1 N–H and O–H groups in total. The zero-order chi connectivity index (χ0) is 19.6. The lowest BCUT2D eigenvalue weighted by Gasteiger charge is -2.09. The van der Waals surface area contributed by atoms with Crippen LogP contribution in [0.4, 0.5) is 0 Å². The van der Waals surface area contributed by atoms with Gasteiger partial charge in [-0.1, -0.05) is 24.3 Å².